The highest BCUT2D eigenvalue weighted by molar-refractivity contribution is 9.10. The van der Waals surface area contributed by atoms with Crippen LogP contribution in [0, 0.1) is 13.8 Å². The van der Waals surface area contributed by atoms with E-state index in [0.29, 0.717) is 12.2 Å². The molecule has 1 aromatic heterocycles. The quantitative estimate of drug-likeness (QED) is 0.887. The molecule has 0 bridgehead atoms. The molecule has 114 valence electrons. The third-order valence-corrected chi connectivity index (χ3v) is 4.18. The van der Waals surface area contributed by atoms with Crippen molar-refractivity contribution in [3.05, 3.63) is 57.3 Å². The Morgan fingerprint density at radius 1 is 1.32 bits per heavy atom. The van der Waals surface area contributed by atoms with Crippen LogP contribution >= 0.6 is 15.9 Å². The Bertz CT molecular complexity index is 731. The maximum absolute atomic E-state index is 12.4. The number of fused-ring (bicyclic) bond motifs is 1. The average molecular weight is 361 g/mol. The monoisotopic (exact) mass is 360 g/mol. The van der Waals surface area contributed by atoms with Crippen LogP contribution in [0.4, 0.5) is 0 Å². The van der Waals surface area contributed by atoms with Crippen molar-refractivity contribution in [3.63, 3.8) is 0 Å². The second kappa shape index (κ2) is 6.08. The van der Waals surface area contributed by atoms with Gasteiger partial charge >= 0.3 is 0 Å². The molecule has 1 aliphatic heterocycles. The Balaban J connectivity index is 1.87. The van der Waals surface area contributed by atoms with Crippen molar-refractivity contribution < 1.29 is 9.53 Å². The number of aryl methyl sites for hydroxylation is 2. The second-order valence-electron chi connectivity index (χ2n) is 5.56. The lowest BCUT2D eigenvalue weighted by molar-refractivity contribution is 0.0924. The van der Waals surface area contributed by atoms with E-state index in [1.165, 1.54) is 5.56 Å². The summed E-state index contributed by atoms with van der Waals surface area (Å²) in [5, 5.41) is 3.09. The van der Waals surface area contributed by atoms with Gasteiger partial charge in [-0.1, -0.05) is 17.7 Å². The zero-order valence-electron chi connectivity index (χ0n) is 12.5. The third-order valence-electron chi connectivity index (χ3n) is 3.75. The summed E-state index contributed by atoms with van der Waals surface area (Å²) >= 11 is 3.34. The van der Waals surface area contributed by atoms with Crippen LogP contribution in [0.15, 0.2) is 35.1 Å². The number of nitrogens with one attached hydrogen (secondary N) is 1. The molecule has 1 amide bonds. The highest BCUT2D eigenvalue weighted by Crippen LogP contribution is 2.35. The van der Waals surface area contributed by atoms with Gasteiger partial charge in [0.15, 0.2) is 0 Å². The Labute approximate surface area is 138 Å². The minimum Gasteiger partial charge on any atom is -0.493 e. The number of pyridine rings is 1. The maximum Gasteiger partial charge on any atom is 0.253 e. The second-order valence-corrected chi connectivity index (χ2v) is 6.47. The fraction of sp³-hybridized carbons (Fsp3) is 0.294. The van der Waals surface area contributed by atoms with E-state index in [2.05, 4.69) is 45.3 Å². The number of amides is 1. The van der Waals surface area contributed by atoms with E-state index < -0.39 is 0 Å². The van der Waals surface area contributed by atoms with Gasteiger partial charge < -0.3 is 10.1 Å². The van der Waals surface area contributed by atoms with Gasteiger partial charge in [0.1, 0.15) is 5.75 Å². The normalized spacial score (nSPS) is 16.6. The van der Waals surface area contributed by atoms with E-state index in [9.17, 15) is 4.79 Å². The van der Waals surface area contributed by atoms with E-state index in [-0.39, 0.29) is 11.9 Å². The minimum absolute atomic E-state index is 0.0335. The molecule has 3 rings (SSSR count). The summed E-state index contributed by atoms with van der Waals surface area (Å²) in [4.78, 5) is 16.5. The van der Waals surface area contributed by atoms with Crippen molar-refractivity contribution in [1.82, 2.24) is 10.3 Å². The first-order valence-corrected chi connectivity index (χ1v) is 7.99. The summed E-state index contributed by atoms with van der Waals surface area (Å²) in [6, 6.07) is 5.92. The SMILES string of the molecule is Cc1cc(C)c2c(c1)C(NC(=O)c1cncc(Br)c1)CCO2. The summed E-state index contributed by atoms with van der Waals surface area (Å²) in [5.41, 5.74) is 3.88. The van der Waals surface area contributed by atoms with Crippen molar-refractivity contribution in [2.75, 3.05) is 6.61 Å². The molecule has 0 saturated heterocycles. The minimum atomic E-state index is -0.120. The Kier molecular flexibility index (Phi) is 4.16. The lowest BCUT2D eigenvalue weighted by Gasteiger charge is -2.28. The number of carbonyl (C=O) groups excluding carboxylic acids is 1. The summed E-state index contributed by atoms with van der Waals surface area (Å²) in [5.74, 6) is 0.778. The third kappa shape index (κ3) is 2.99. The molecule has 0 aliphatic carbocycles. The summed E-state index contributed by atoms with van der Waals surface area (Å²) in [6.45, 7) is 4.70. The first kappa shape index (κ1) is 15.0. The molecule has 0 fully saturated rings. The zero-order chi connectivity index (χ0) is 15.7. The topological polar surface area (TPSA) is 51.2 Å². The Hall–Kier alpha value is -1.88. The summed E-state index contributed by atoms with van der Waals surface area (Å²) in [6.07, 6.45) is 4.00. The lowest BCUT2D eigenvalue weighted by Crippen LogP contribution is -2.32. The molecule has 1 aliphatic rings. The van der Waals surface area contributed by atoms with Gasteiger partial charge in [0.25, 0.3) is 5.91 Å². The van der Waals surface area contributed by atoms with E-state index in [0.717, 1.165) is 27.8 Å². The van der Waals surface area contributed by atoms with Crippen LogP contribution in [0.25, 0.3) is 0 Å². The number of ether oxygens (including phenoxy) is 1. The molecule has 22 heavy (non-hydrogen) atoms. The van der Waals surface area contributed by atoms with Crippen LogP contribution in [0.1, 0.15) is 39.5 Å². The van der Waals surface area contributed by atoms with Gasteiger partial charge in [-0.2, -0.15) is 0 Å². The number of hydrogen-bond donors (Lipinski definition) is 1. The standard InChI is InChI=1S/C17H17BrN2O2/c1-10-5-11(2)16-14(6-10)15(3-4-22-16)20-17(21)12-7-13(18)9-19-8-12/h5-9,15H,3-4H2,1-2H3,(H,20,21). The molecule has 1 atom stereocenters. The number of rotatable bonds is 2. The summed E-state index contributed by atoms with van der Waals surface area (Å²) < 4.78 is 6.57. The van der Waals surface area contributed by atoms with E-state index >= 15 is 0 Å². The molecular weight excluding hydrogens is 344 g/mol. The first-order valence-electron chi connectivity index (χ1n) is 7.20. The summed E-state index contributed by atoms with van der Waals surface area (Å²) in [7, 11) is 0. The van der Waals surface area contributed by atoms with Crippen LogP contribution in [0.3, 0.4) is 0 Å². The number of halogens is 1. The van der Waals surface area contributed by atoms with Crippen molar-refractivity contribution >= 4 is 21.8 Å². The molecule has 0 radical (unpaired) electrons. The molecule has 0 spiro atoms. The van der Waals surface area contributed by atoms with Gasteiger partial charge in [0.05, 0.1) is 18.2 Å². The maximum atomic E-state index is 12.4. The van der Waals surface area contributed by atoms with Crippen molar-refractivity contribution in [3.8, 4) is 5.75 Å². The Morgan fingerprint density at radius 3 is 2.91 bits per heavy atom. The van der Waals surface area contributed by atoms with Gasteiger partial charge in [-0.3, -0.25) is 9.78 Å². The van der Waals surface area contributed by atoms with E-state index in [4.69, 9.17) is 4.74 Å². The average Bonchev–Trinajstić information content (AvgIpc) is 2.48. The Morgan fingerprint density at radius 2 is 2.14 bits per heavy atom. The first-order chi connectivity index (χ1) is 10.5. The van der Waals surface area contributed by atoms with Crippen LogP contribution in [0.2, 0.25) is 0 Å². The number of aromatic nitrogens is 1. The molecule has 1 unspecified atom stereocenters. The van der Waals surface area contributed by atoms with Crippen LogP contribution in [0.5, 0.6) is 5.75 Å². The van der Waals surface area contributed by atoms with Gasteiger partial charge in [0.2, 0.25) is 0 Å². The largest absolute Gasteiger partial charge is 0.493 e. The van der Waals surface area contributed by atoms with Crippen molar-refractivity contribution in [2.45, 2.75) is 26.3 Å². The van der Waals surface area contributed by atoms with Crippen molar-refractivity contribution in [2.24, 2.45) is 0 Å². The highest BCUT2D eigenvalue weighted by atomic mass is 79.9. The molecular formula is C17H17BrN2O2. The van der Waals surface area contributed by atoms with Crippen LogP contribution in [-0.4, -0.2) is 17.5 Å². The van der Waals surface area contributed by atoms with E-state index in [1.807, 2.05) is 6.92 Å². The molecule has 1 aromatic carbocycles. The van der Waals surface area contributed by atoms with Crippen LogP contribution < -0.4 is 10.1 Å². The number of benzene rings is 1. The molecule has 2 heterocycles. The molecule has 1 N–H and O–H groups in total. The fourth-order valence-corrected chi connectivity index (χ4v) is 3.17. The number of carbonyl (C=O) groups is 1. The van der Waals surface area contributed by atoms with Crippen molar-refractivity contribution in [1.29, 1.82) is 0 Å². The molecule has 2 aromatic rings. The molecule has 0 saturated carbocycles. The van der Waals surface area contributed by atoms with Gasteiger partial charge in [-0.25, -0.2) is 0 Å². The lowest BCUT2D eigenvalue weighted by atomic mass is 9.95. The van der Waals surface area contributed by atoms with Gasteiger partial charge in [-0.15, -0.1) is 0 Å². The molecule has 4 nitrogen and oxygen atoms in total. The smallest absolute Gasteiger partial charge is 0.253 e. The predicted molar refractivity (Wildman–Crippen MR) is 88.2 cm³/mol. The van der Waals surface area contributed by atoms with E-state index in [1.54, 1.807) is 18.5 Å². The van der Waals surface area contributed by atoms with Gasteiger partial charge in [-0.05, 0) is 41.4 Å². The van der Waals surface area contributed by atoms with Crippen LogP contribution in [-0.2, 0) is 0 Å². The highest BCUT2D eigenvalue weighted by Gasteiger charge is 2.25. The van der Waals surface area contributed by atoms with Gasteiger partial charge in [0, 0.05) is 28.9 Å². The fourth-order valence-electron chi connectivity index (χ4n) is 2.81. The molecule has 5 heteroatoms. The number of hydrogen-bond acceptors (Lipinski definition) is 3. The predicted octanol–water partition coefficient (Wildman–Crippen LogP) is 3.71. The zero-order valence-corrected chi connectivity index (χ0v) is 14.1. The number of nitrogens with zero attached hydrogens (tertiary/aromatic N) is 1.